The van der Waals surface area contributed by atoms with Gasteiger partial charge in [-0.25, -0.2) is 4.98 Å². The Bertz CT molecular complexity index is 230. The van der Waals surface area contributed by atoms with E-state index in [-0.39, 0.29) is 12.4 Å². The quantitative estimate of drug-likeness (QED) is 0.787. The van der Waals surface area contributed by atoms with Gasteiger partial charge in [-0.05, 0) is 25.7 Å². The van der Waals surface area contributed by atoms with Crippen LogP contribution in [0.3, 0.4) is 0 Å². The number of nitrogens with two attached hydrogens (primary N) is 1. The zero-order valence-electron chi connectivity index (χ0n) is 7.48. The van der Waals surface area contributed by atoms with E-state index in [1.165, 1.54) is 30.7 Å². The van der Waals surface area contributed by atoms with E-state index < -0.39 is 0 Å². The molecule has 1 aromatic heterocycles. The number of thiazole rings is 1. The lowest BCUT2D eigenvalue weighted by Crippen LogP contribution is -2.25. The molecule has 0 radical (unpaired) electrons. The second-order valence-corrected chi connectivity index (χ2v) is 4.41. The van der Waals surface area contributed by atoms with Crippen LogP contribution >= 0.6 is 23.7 Å². The third kappa shape index (κ3) is 2.66. The summed E-state index contributed by atoms with van der Waals surface area (Å²) < 4.78 is 0. The van der Waals surface area contributed by atoms with E-state index in [2.05, 4.69) is 10.4 Å². The van der Waals surface area contributed by atoms with Crippen molar-refractivity contribution >= 4 is 23.7 Å². The Balaban J connectivity index is 0.000000845. The number of halogens is 1. The Morgan fingerprint density at radius 1 is 1.31 bits per heavy atom. The van der Waals surface area contributed by atoms with Crippen LogP contribution in [0.25, 0.3) is 0 Å². The normalized spacial score (nSPS) is 28.1. The minimum Gasteiger partial charge on any atom is -0.328 e. The molecule has 0 amide bonds. The van der Waals surface area contributed by atoms with Crippen LogP contribution in [0, 0.1) is 0 Å². The maximum atomic E-state index is 5.83. The first kappa shape index (κ1) is 11.0. The van der Waals surface area contributed by atoms with Crippen molar-refractivity contribution in [2.75, 3.05) is 0 Å². The van der Waals surface area contributed by atoms with E-state index in [1.807, 2.05) is 6.20 Å². The molecule has 2 nitrogen and oxygen atoms in total. The van der Waals surface area contributed by atoms with Crippen molar-refractivity contribution in [1.82, 2.24) is 4.98 Å². The van der Waals surface area contributed by atoms with E-state index in [9.17, 15) is 0 Å². The average molecular weight is 219 g/mol. The van der Waals surface area contributed by atoms with E-state index in [0.29, 0.717) is 12.0 Å². The first-order valence-corrected chi connectivity index (χ1v) is 5.39. The number of rotatable bonds is 1. The predicted octanol–water partition coefficient (Wildman–Crippen LogP) is 2.55. The maximum absolute atomic E-state index is 5.83. The molecule has 0 saturated heterocycles. The van der Waals surface area contributed by atoms with E-state index in [1.54, 1.807) is 11.3 Å². The molecule has 4 heteroatoms. The van der Waals surface area contributed by atoms with Gasteiger partial charge in [0.1, 0.15) is 0 Å². The molecule has 13 heavy (non-hydrogen) atoms. The molecule has 2 rings (SSSR count). The summed E-state index contributed by atoms with van der Waals surface area (Å²) in [6, 6.07) is 0.446. The van der Waals surface area contributed by atoms with Crippen molar-refractivity contribution in [3.05, 3.63) is 16.6 Å². The molecule has 1 fully saturated rings. The number of aromatic nitrogens is 1. The fourth-order valence-electron chi connectivity index (χ4n) is 1.80. The Hall–Kier alpha value is -0.120. The smallest absolute Gasteiger partial charge is 0.0955 e. The molecule has 1 saturated carbocycles. The average Bonchev–Trinajstić information content (AvgIpc) is 2.58. The highest BCUT2D eigenvalue weighted by atomic mass is 35.5. The van der Waals surface area contributed by atoms with Gasteiger partial charge in [-0.1, -0.05) is 0 Å². The van der Waals surface area contributed by atoms with Gasteiger partial charge >= 0.3 is 0 Å². The molecule has 1 aliphatic rings. The summed E-state index contributed by atoms with van der Waals surface area (Å²) >= 11 is 1.78. The van der Waals surface area contributed by atoms with Crippen molar-refractivity contribution < 1.29 is 0 Å². The minimum absolute atomic E-state index is 0. The Morgan fingerprint density at radius 2 is 2.00 bits per heavy atom. The summed E-state index contributed by atoms with van der Waals surface area (Å²) in [6.07, 6.45) is 6.70. The standard InChI is InChI=1S/C9H14N2S.ClH/c10-8-3-1-7(2-4-8)9-11-5-6-12-9;/h5-8H,1-4,10H2;1H. The molecule has 0 aliphatic heterocycles. The Morgan fingerprint density at radius 3 is 2.54 bits per heavy atom. The fourth-order valence-corrected chi connectivity index (χ4v) is 2.61. The van der Waals surface area contributed by atoms with Crippen molar-refractivity contribution in [1.29, 1.82) is 0 Å². The third-order valence-corrected chi connectivity index (χ3v) is 3.51. The molecule has 0 aromatic carbocycles. The fraction of sp³-hybridized carbons (Fsp3) is 0.667. The van der Waals surface area contributed by atoms with Crippen molar-refractivity contribution in [2.45, 2.75) is 37.6 Å². The molecular weight excluding hydrogens is 204 g/mol. The van der Waals surface area contributed by atoms with Crippen LogP contribution in [0.4, 0.5) is 0 Å². The lowest BCUT2D eigenvalue weighted by Gasteiger charge is -2.24. The summed E-state index contributed by atoms with van der Waals surface area (Å²) in [7, 11) is 0. The van der Waals surface area contributed by atoms with Crippen molar-refractivity contribution in [2.24, 2.45) is 5.73 Å². The highest BCUT2D eigenvalue weighted by Gasteiger charge is 2.21. The van der Waals surface area contributed by atoms with Crippen LogP contribution in [0.15, 0.2) is 11.6 Å². The number of hydrogen-bond acceptors (Lipinski definition) is 3. The minimum atomic E-state index is 0. The van der Waals surface area contributed by atoms with E-state index in [4.69, 9.17) is 5.73 Å². The number of hydrogen-bond donors (Lipinski definition) is 1. The summed E-state index contributed by atoms with van der Waals surface area (Å²) in [5.41, 5.74) is 5.83. The Kier molecular flexibility index (Phi) is 4.16. The third-order valence-electron chi connectivity index (χ3n) is 2.57. The molecule has 0 spiro atoms. The van der Waals surface area contributed by atoms with Crippen LogP contribution in [-0.2, 0) is 0 Å². The van der Waals surface area contributed by atoms with Gasteiger partial charge in [0.2, 0.25) is 0 Å². The summed E-state index contributed by atoms with van der Waals surface area (Å²) in [4.78, 5) is 4.34. The topological polar surface area (TPSA) is 38.9 Å². The molecule has 0 bridgehead atoms. The van der Waals surface area contributed by atoms with Gasteiger partial charge in [-0.2, -0.15) is 0 Å². The monoisotopic (exact) mass is 218 g/mol. The Labute approximate surface area is 89.0 Å². The molecule has 0 unspecified atom stereocenters. The molecule has 1 aliphatic carbocycles. The van der Waals surface area contributed by atoms with Gasteiger partial charge in [0, 0.05) is 23.5 Å². The zero-order valence-corrected chi connectivity index (χ0v) is 9.11. The predicted molar refractivity (Wildman–Crippen MR) is 58.5 cm³/mol. The lowest BCUT2D eigenvalue weighted by molar-refractivity contribution is 0.395. The second-order valence-electron chi connectivity index (χ2n) is 3.48. The van der Waals surface area contributed by atoms with Gasteiger partial charge in [-0.3, -0.25) is 0 Å². The van der Waals surface area contributed by atoms with Crippen LogP contribution in [0.2, 0.25) is 0 Å². The highest BCUT2D eigenvalue weighted by Crippen LogP contribution is 2.32. The van der Waals surface area contributed by atoms with E-state index >= 15 is 0 Å². The summed E-state index contributed by atoms with van der Waals surface area (Å²) in [6.45, 7) is 0. The molecule has 74 valence electrons. The van der Waals surface area contributed by atoms with Gasteiger partial charge in [-0.15, -0.1) is 23.7 Å². The first-order chi connectivity index (χ1) is 5.86. The van der Waals surface area contributed by atoms with Crippen molar-refractivity contribution in [3.8, 4) is 0 Å². The molecule has 2 N–H and O–H groups in total. The number of nitrogens with zero attached hydrogens (tertiary/aromatic N) is 1. The van der Waals surface area contributed by atoms with Crippen LogP contribution in [0.1, 0.15) is 36.6 Å². The SMILES string of the molecule is Cl.NC1CCC(c2nccs2)CC1. The molecular formula is C9H15ClN2S. The largest absolute Gasteiger partial charge is 0.328 e. The van der Waals surface area contributed by atoms with Gasteiger partial charge in [0.25, 0.3) is 0 Å². The lowest BCUT2D eigenvalue weighted by atomic mass is 9.87. The van der Waals surface area contributed by atoms with E-state index in [0.717, 1.165) is 0 Å². The van der Waals surface area contributed by atoms with Crippen LogP contribution in [0.5, 0.6) is 0 Å². The molecule has 0 atom stereocenters. The summed E-state index contributed by atoms with van der Waals surface area (Å²) in [5.74, 6) is 0.699. The molecule has 1 aromatic rings. The van der Waals surface area contributed by atoms with Crippen LogP contribution in [-0.4, -0.2) is 11.0 Å². The van der Waals surface area contributed by atoms with Gasteiger partial charge in [0.15, 0.2) is 0 Å². The first-order valence-electron chi connectivity index (χ1n) is 4.51. The zero-order chi connectivity index (χ0) is 8.39. The summed E-state index contributed by atoms with van der Waals surface area (Å²) in [5, 5.41) is 3.37. The second kappa shape index (κ2) is 4.94. The maximum Gasteiger partial charge on any atom is 0.0955 e. The van der Waals surface area contributed by atoms with Gasteiger partial charge in [0.05, 0.1) is 5.01 Å². The van der Waals surface area contributed by atoms with Crippen molar-refractivity contribution in [3.63, 3.8) is 0 Å². The van der Waals surface area contributed by atoms with Gasteiger partial charge < -0.3 is 5.73 Å². The molecule has 1 heterocycles. The van der Waals surface area contributed by atoms with Crippen LogP contribution < -0.4 is 5.73 Å². The highest BCUT2D eigenvalue weighted by molar-refractivity contribution is 7.09.